The van der Waals surface area contributed by atoms with Gasteiger partial charge in [-0.05, 0) is 35.9 Å². The second kappa shape index (κ2) is 6.66. The molecule has 116 valence electrons. The summed E-state index contributed by atoms with van der Waals surface area (Å²) < 4.78 is 13.7. The molecule has 0 atom stereocenters. The maximum absolute atomic E-state index is 13.7. The topological polar surface area (TPSA) is 12.9 Å². The first-order chi connectivity index (χ1) is 11.0. The van der Waals surface area contributed by atoms with Crippen molar-refractivity contribution in [1.82, 2.24) is 4.98 Å². The molecule has 23 heavy (non-hydrogen) atoms. The van der Waals surface area contributed by atoms with Gasteiger partial charge in [0.2, 0.25) is 0 Å². The third-order valence-corrected chi connectivity index (χ3v) is 4.76. The molecule has 0 unspecified atom stereocenters. The van der Waals surface area contributed by atoms with Crippen LogP contribution >= 0.6 is 46.4 Å². The van der Waals surface area contributed by atoms with Crippen molar-refractivity contribution in [3.05, 3.63) is 74.6 Å². The van der Waals surface area contributed by atoms with Gasteiger partial charge in [0.1, 0.15) is 5.82 Å². The smallest absolute Gasteiger partial charge is 0.142 e. The van der Waals surface area contributed by atoms with E-state index in [2.05, 4.69) is 4.98 Å². The normalized spacial score (nSPS) is 10.8. The Morgan fingerprint density at radius 3 is 1.87 bits per heavy atom. The Morgan fingerprint density at radius 2 is 1.26 bits per heavy atom. The third-order valence-electron chi connectivity index (χ3n) is 3.28. The molecule has 0 aliphatic rings. The van der Waals surface area contributed by atoms with Crippen LogP contribution in [0.25, 0.3) is 22.4 Å². The Kier molecular flexibility index (Phi) is 4.79. The highest BCUT2D eigenvalue weighted by molar-refractivity contribution is 6.42. The van der Waals surface area contributed by atoms with Gasteiger partial charge in [-0.1, -0.05) is 58.5 Å². The minimum Gasteiger partial charge on any atom is -0.253 e. The van der Waals surface area contributed by atoms with E-state index in [0.29, 0.717) is 36.9 Å². The van der Waals surface area contributed by atoms with Crippen molar-refractivity contribution >= 4 is 46.4 Å². The van der Waals surface area contributed by atoms with Crippen molar-refractivity contribution in [1.29, 1.82) is 0 Å². The highest BCUT2D eigenvalue weighted by Crippen LogP contribution is 2.36. The Hall–Kier alpha value is -1.32. The Morgan fingerprint density at radius 1 is 0.696 bits per heavy atom. The highest BCUT2D eigenvalue weighted by Gasteiger charge is 2.13. The van der Waals surface area contributed by atoms with Crippen molar-refractivity contribution in [2.24, 2.45) is 0 Å². The highest BCUT2D eigenvalue weighted by atomic mass is 35.5. The summed E-state index contributed by atoms with van der Waals surface area (Å²) in [4.78, 5) is 4.19. The molecule has 0 N–H and O–H groups in total. The van der Waals surface area contributed by atoms with Crippen LogP contribution in [-0.2, 0) is 0 Å². The predicted octanol–water partition coefficient (Wildman–Crippen LogP) is 7.17. The van der Waals surface area contributed by atoms with Crippen LogP contribution in [0, 0.1) is 5.82 Å². The molecule has 0 saturated heterocycles. The van der Waals surface area contributed by atoms with Crippen LogP contribution in [0.3, 0.4) is 0 Å². The van der Waals surface area contributed by atoms with Crippen molar-refractivity contribution in [3.63, 3.8) is 0 Å². The Balaban J connectivity index is 2.21. The number of rotatable bonds is 2. The molecule has 1 heterocycles. The van der Waals surface area contributed by atoms with E-state index in [0.717, 1.165) is 11.8 Å². The van der Waals surface area contributed by atoms with Crippen LogP contribution in [0.2, 0.25) is 20.1 Å². The van der Waals surface area contributed by atoms with Gasteiger partial charge < -0.3 is 0 Å². The zero-order valence-corrected chi connectivity index (χ0v) is 14.5. The first-order valence-electron chi connectivity index (χ1n) is 6.52. The minimum absolute atomic E-state index is 0.383. The first-order valence-corrected chi connectivity index (χ1v) is 8.03. The Bertz CT molecular complexity index is 896. The maximum Gasteiger partial charge on any atom is 0.142 e. The zero-order chi connectivity index (χ0) is 16.6. The van der Waals surface area contributed by atoms with Crippen LogP contribution in [0.4, 0.5) is 4.39 Å². The van der Waals surface area contributed by atoms with Gasteiger partial charge in [0.15, 0.2) is 0 Å². The zero-order valence-electron chi connectivity index (χ0n) is 11.5. The summed E-state index contributed by atoms with van der Waals surface area (Å²) in [6.07, 6.45) is 1.15. The average Bonchev–Trinajstić information content (AvgIpc) is 2.53. The fourth-order valence-electron chi connectivity index (χ4n) is 2.20. The minimum atomic E-state index is -0.449. The SMILES string of the molecule is Fc1cnc(-c2ccc(Cl)c(Cl)c2)c(-c2ccc(Cl)c(Cl)c2)c1. The standard InChI is InChI=1S/C17H8Cl4FN/c18-13-3-1-9(5-15(13)20)12-7-11(22)8-23-17(12)10-2-4-14(19)16(21)6-10/h1-8H. The molecule has 0 amide bonds. The van der Waals surface area contributed by atoms with E-state index in [4.69, 9.17) is 46.4 Å². The van der Waals surface area contributed by atoms with E-state index in [-0.39, 0.29) is 0 Å². The lowest BCUT2D eigenvalue weighted by atomic mass is 9.99. The summed E-state index contributed by atoms with van der Waals surface area (Å²) in [6, 6.07) is 11.6. The van der Waals surface area contributed by atoms with E-state index in [1.54, 1.807) is 36.4 Å². The lowest BCUT2D eigenvalue weighted by Crippen LogP contribution is -1.92. The van der Waals surface area contributed by atoms with Crippen LogP contribution in [-0.4, -0.2) is 4.98 Å². The molecule has 0 radical (unpaired) electrons. The molecule has 0 bridgehead atoms. The summed E-state index contributed by atoms with van der Waals surface area (Å²) >= 11 is 24.0. The molecular weight excluding hydrogens is 379 g/mol. The van der Waals surface area contributed by atoms with Crippen LogP contribution in [0.5, 0.6) is 0 Å². The monoisotopic (exact) mass is 385 g/mol. The molecule has 2 aromatic carbocycles. The fourth-order valence-corrected chi connectivity index (χ4v) is 2.79. The van der Waals surface area contributed by atoms with Gasteiger partial charge in [0.05, 0.1) is 32.0 Å². The molecule has 6 heteroatoms. The van der Waals surface area contributed by atoms with Gasteiger partial charge in [-0.3, -0.25) is 4.98 Å². The average molecular weight is 387 g/mol. The number of benzene rings is 2. The number of nitrogens with zero attached hydrogens (tertiary/aromatic N) is 1. The van der Waals surface area contributed by atoms with Gasteiger partial charge in [-0.15, -0.1) is 0 Å². The van der Waals surface area contributed by atoms with Gasteiger partial charge in [-0.2, -0.15) is 0 Å². The van der Waals surface area contributed by atoms with E-state index in [1.165, 1.54) is 6.07 Å². The van der Waals surface area contributed by atoms with Crippen LogP contribution in [0.1, 0.15) is 0 Å². The van der Waals surface area contributed by atoms with E-state index >= 15 is 0 Å². The fraction of sp³-hybridized carbons (Fsp3) is 0. The molecule has 3 rings (SSSR count). The maximum atomic E-state index is 13.7. The summed E-state index contributed by atoms with van der Waals surface area (Å²) in [7, 11) is 0. The second-order valence-electron chi connectivity index (χ2n) is 4.81. The summed E-state index contributed by atoms with van der Waals surface area (Å²) in [5.41, 5.74) is 2.58. The third kappa shape index (κ3) is 3.46. The summed E-state index contributed by atoms with van der Waals surface area (Å²) in [5, 5.41) is 1.65. The predicted molar refractivity (Wildman–Crippen MR) is 95.1 cm³/mol. The first kappa shape index (κ1) is 16.5. The number of aromatic nitrogens is 1. The number of pyridine rings is 1. The van der Waals surface area contributed by atoms with Gasteiger partial charge in [0.25, 0.3) is 0 Å². The van der Waals surface area contributed by atoms with E-state index < -0.39 is 5.82 Å². The molecule has 0 saturated carbocycles. The van der Waals surface area contributed by atoms with Crippen molar-refractivity contribution < 1.29 is 4.39 Å². The molecule has 3 aromatic rings. The number of hydrogen-bond acceptors (Lipinski definition) is 1. The summed E-state index contributed by atoms with van der Waals surface area (Å²) in [5.74, 6) is -0.449. The molecule has 1 aromatic heterocycles. The largest absolute Gasteiger partial charge is 0.253 e. The quantitative estimate of drug-likeness (QED) is 0.454. The van der Waals surface area contributed by atoms with E-state index in [1.807, 2.05) is 0 Å². The van der Waals surface area contributed by atoms with Crippen LogP contribution < -0.4 is 0 Å². The second-order valence-corrected chi connectivity index (χ2v) is 6.44. The molecular formula is C17H8Cl4FN. The van der Waals surface area contributed by atoms with Gasteiger partial charge in [-0.25, -0.2) is 4.39 Å². The molecule has 0 spiro atoms. The summed E-state index contributed by atoms with van der Waals surface area (Å²) in [6.45, 7) is 0. The van der Waals surface area contributed by atoms with Crippen molar-refractivity contribution in [3.8, 4) is 22.4 Å². The van der Waals surface area contributed by atoms with Crippen molar-refractivity contribution in [2.45, 2.75) is 0 Å². The lowest BCUT2D eigenvalue weighted by Gasteiger charge is -2.11. The van der Waals surface area contributed by atoms with Crippen LogP contribution in [0.15, 0.2) is 48.7 Å². The number of hydrogen-bond donors (Lipinski definition) is 0. The molecule has 0 aliphatic carbocycles. The molecule has 0 fully saturated rings. The number of halogens is 5. The lowest BCUT2D eigenvalue weighted by molar-refractivity contribution is 0.622. The van der Waals surface area contributed by atoms with Crippen molar-refractivity contribution in [2.75, 3.05) is 0 Å². The Labute approximate surface area is 152 Å². The van der Waals surface area contributed by atoms with Gasteiger partial charge in [0, 0.05) is 11.1 Å². The van der Waals surface area contributed by atoms with E-state index in [9.17, 15) is 4.39 Å². The molecule has 0 aliphatic heterocycles. The van der Waals surface area contributed by atoms with Gasteiger partial charge >= 0.3 is 0 Å². The molecule has 1 nitrogen and oxygen atoms in total.